The average Bonchev–Trinajstić information content (AvgIpc) is 3.23. The van der Waals surface area contributed by atoms with Crippen LogP contribution in [0.5, 0.6) is 0 Å². The van der Waals surface area contributed by atoms with Crippen molar-refractivity contribution in [1.82, 2.24) is 0 Å². The summed E-state index contributed by atoms with van der Waals surface area (Å²) in [7, 11) is 0. The predicted octanol–water partition coefficient (Wildman–Crippen LogP) is 3.20. The lowest BCUT2D eigenvalue weighted by Gasteiger charge is -2.07. The van der Waals surface area contributed by atoms with Gasteiger partial charge in [0.05, 0.1) is 6.61 Å². The number of hydrogen-bond acceptors (Lipinski definition) is 2. The summed E-state index contributed by atoms with van der Waals surface area (Å²) < 4.78 is 5.37. The maximum atomic E-state index is 11.7. The minimum Gasteiger partial charge on any atom is -0.371 e. The summed E-state index contributed by atoms with van der Waals surface area (Å²) in [6.45, 7) is 0.856. The first-order valence-corrected chi connectivity index (χ1v) is 6.68. The normalized spacial score (nSPS) is 14.5. The molecule has 0 aliphatic heterocycles. The van der Waals surface area contributed by atoms with Gasteiger partial charge in [0.15, 0.2) is 0 Å². The van der Waals surface area contributed by atoms with Crippen LogP contribution in [-0.2, 0) is 9.53 Å². The Labute approximate surface area is 112 Å². The molecular weight excluding hydrogens is 238 g/mol. The topological polar surface area (TPSA) is 38.3 Å². The fourth-order valence-corrected chi connectivity index (χ4v) is 2.07. The quantitative estimate of drug-likeness (QED) is 0.891. The molecule has 98 valence electrons. The van der Waals surface area contributed by atoms with Crippen molar-refractivity contribution in [2.24, 2.45) is 5.92 Å². The molecule has 0 bridgehead atoms. The molecule has 0 radical (unpaired) electrons. The minimum absolute atomic E-state index is 0.0871. The van der Waals surface area contributed by atoms with E-state index in [1.807, 2.05) is 36.4 Å². The second-order valence-electron chi connectivity index (χ2n) is 5.07. The van der Waals surface area contributed by atoms with Crippen molar-refractivity contribution in [2.45, 2.75) is 12.8 Å². The fourth-order valence-electron chi connectivity index (χ4n) is 2.07. The van der Waals surface area contributed by atoms with Crippen molar-refractivity contribution in [3.63, 3.8) is 0 Å². The van der Waals surface area contributed by atoms with Crippen molar-refractivity contribution in [3.8, 4) is 0 Å². The molecule has 0 aromatic heterocycles. The van der Waals surface area contributed by atoms with Gasteiger partial charge in [-0.15, -0.1) is 0 Å². The molecule has 0 spiro atoms. The Morgan fingerprint density at radius 1 is 1.16 bits per heavy atom. The number of benzene rings is 2. The monoisotopic (exact) mass is 255 g/mol. The van der Waals surface area contributed by atoms with Gasteiger partial charge < -0.3 is 10.1 Å². The van der Waals surface area contributed by atoms with Crippen LogP contribution in [0.3, 0.4) is 0 Å². The van der Waals surface area contributed by atoms with Gasteiger partial charge in [-0.25, -0.2) is 0 Å². The number of nitrogens with one attached hydrogen (secondary N) is 1. The van der Waals surface area contributed by atoms with Crippen LogP contribution in [0.1, 0.15) is 12.8 Å². The van der Waals surface area contributed by atoms with Gasteiger partial charge in [-0.1, -0.05) is 30.3 Å². The fraction of sp³-hybridized carbons (Fsp3) is 0.312. The summed E-state index contributed by atoms with van der Waals surface area (Å²) in [6.07, 6.45) is 2.48. The van der Waals surface area contributed by atoms with E-state index in [9.17, 15) is 4.79 Å². The Bertz CT molecular complexity index is 590. The first-order chi connectivity index (χ1) is 9.31. The molecular formula is C16H17NO2. The third-order valence-electron chi connectivity index (χ3n) is 3.32. The van der Waals surface area contributed by atoms with E-state index in [1.165, 1.54) is 18.2 Å². The third-order valence-corrected chi connectivity index (χ3v) is 3.32. The van der Waals surface area contributed by atoms with Gasteiger partial charge in [0.2, 0.25) is 5.91 Å². The lowest BCUT2D eigenvalue weighted by molar-refractivity contribution is -0.120. The minimum atomic E-state index is -0.0871. The third kappa shape index (κ3) is 3.32. The first-order valence-electron chi connectivity index (χ1n) is 6.68. The second kappa shape index (κ2) is 5.41. The van der Waals surface area contributed by atoms with Crippen LogP contribution in [0.25, 0.3) is 10.8 Å². The summed E-state index contributed by atoms with van der Waals surface area (Å²) in [5.74, 6) is 0.601. The largest absolute Gasteiger partial charge is 0.371 e. The lowest BCUT2D eigenvalue weighted by atomic mass is 10.1. The maximum absolute atomic E-state index is 11.7. The van der Waals surface area contributed by atoms with E-state index in [4.69, 9.17) is 4.74 Å². The van der Waals surface area contributed by atoms with Crippen LogP contribution in [0.15, 0.2) is 42.5 Å². The van der Waals surface area contributed by atoms with Crippen LogP contribution in [0.2, 0.25) is 0 Å². The Hall–Kier alpha value is -1.87. The molecule has 1 amide bonds. The molecule has 3 rings (SSSR count). The molecule has 2 aromatic rings. The summed E-state index contributed by atoms with van der Waals surface area (Å²) in [4.78, 5) is 11.7. The zero-order chi connectivity index (χ0) is 13.1. The predicted molar refractivity (Wildman–Crippen MR) is 76.1 cm³/mol. The number of carbonyl (C=O) groups excluding carboxylic acids is 1. The Morgan fingerprint density at radius 2 is 1.95 bits per heavy atom. The van der Waals surface area contributed by atoms with Crippen LogP contribution in [-0.4, -0.2) is 19.1 Å². The van der Waals surface area contributed by atoms with Crippen molar-refractivity contribution < 1.29 is 9.53 Å². The molecule has 1 saturated carbocycles. The molecule has 0 saturated heterocycles. The van der Waals surface area contributed by atoms with Gasteiger partial charge in [0.25, 0.3) is 0 Å². The van der Waals surface area contributed by atoms with E-state index in [0.717, 1.165) is 11.1 Å². The molecule has 2 aromatic carbocycles. The number of fused-ring (bicyclic) bond motifs is 1. The van der Waals surface area contributed by atoms with E-state index in [-0.39, 0.29) is 12.5 Å². The Morgan fingerprint density at radius 3 is 2.74 bits per heavy atom. The SMILES string of the molecule is O=C(COCC1CC1)Nc1ccc2ccccc2c1. The van der Waals surface area contributed by atoms with Crippen molar-refractivity contribution in [2.75, 3.05) is 18.5 Å². The van der Waals surface area contributed by atoms with E-state index in [1.54, 1.807) is 0 Å². The zero-order valence-electron chi connectivity index (χ0n) is 10.8. The molecule has 0 heterocycles. The van der Waals surface area contributed by atoms with E-state index in [2.05, 4.69) is 11.4 Å². The summed E-state index contributed by atoms with van der Waals surface area (Å²) in [5, 5.41) is 5.16. The Kier molecular flexibility index (Phi) is 3.47. The molecule has 1 aliphatic carbocycles. The zero-order valence-corrected chi connectivity index (χ0v) is 10.8. The van der Waals surface area contributed by atoms with Gasteiger partial charge in [-0.05, 0) is 41.7 Å². The van der Waals surface area contributed by atoms with E-state index in [0.29, 0.717) is 12.5 Å². The van der Waals surface area contributed by atoms with E-state index < -0.39 is 0 Å². The molecule has 1 N–H and O–H groups in total. The van der Waals surface area contributed by atoms with E-state index >= 15 is 0 Å². The summed E-state index contributed by atoms with van der Waals surface area (Å²) in [5.41, 5.74) is 0.818. The highest BCUT2D eigenvalue weighted by Gasteiger charge is 2.21. The highest BCUT2D eigenvalue weighted by Crippen LogP contribution is 2.28. The number of amides is 1. The molecule has 3 nitrogen and oxygen atoms in total. The lowest BCUT2D eigenvalue weighted by Crippen LogP contribution is -2.18. The first kappa shape index (κ1) is 12.2. The highest BCUT2D eigenvalue weighted by atomic mass is 16.5. The van der Waals surface area contributed by atoms with Gasteiger partial charge in [0, 0.05) is 5.69 Å². The van der Waals surface area contributed by atoms with Crippen LogP contribution >= 0.6 is 0 Å². The number of ether oxygens (including phenoxy) is 1. The number of carbonyl (C=O) groups is 1. The molecule has 0 unspecified atom stereocenters. The summed E-state index contributed by atoms with van der Waals surface area (Å²) >= 11 is 0. The van der Waals surface area contributed by atoms with Crippen LogP contribution < -0.4 is 5.32 Å². The van der Waals surface area contributed by atoms with Gasteiger partial charge >= 0.3 is 0 Å². The Balaban J connectivity index is 1.58. The van der Waals surface area contributed by atoms with Crippen LogP contribution in [0.4, 0.5) is 5.69 Å². The molecule has 1 fully saturated rings. The number of anilines is 1. The molecule has 0 atom stereocenters. The van der Waals surface area contributed by atoms with Crippen molar-refractivity contribution in [1.29, 1.82) is 0 Å². The van der Waals surface area contributed by atoms with Gasteiger partial charge in [-0.2, -0.15) is 0 Å². The smallest absolute Gasteiger partial charge is 0.250 e. The molecule has 19 heavy (non-hydrogen) atoms. The van der Waals surface area contributed by atoms with Gasteiger partial charge in [0.1, 0.15) is 6.61 Å². The second-order valence-corrected chi connectivity index (χ2v) is 5.07. The maximum Gasteiger partial charge on any atom is 0.250 e. The highest BCUT2D eigenvalue weighted by molar-refractivity contribution is 5.95. The standard InChI is InChI=1S/C16H17NO2/c18-16(11-19-10-12-5-6-12)17-15-8-7-13-3-1-2-4-14(13)9-15/h1-4,7-9,12H,5-6,10-11H2,(H,17,18). The summed E-state index contributed by atoms with van der Waals surface area (Å²) in [6, 6.07) is 14.0. The number of hydrogen-bond donors (Lipinski definition) is 1. The van der Waals surface area contributed by atoms with Crippen molar-refractivity contribution >= 4 is 22.4 Å². The van der Waals surface area contributed by atoms with Gasteiger partial charge in [-0.3, -0.25) is 4.79 Å². The van der Waals surface area contributed by atoms with Crippen molar-refractivity contribution in [3.05, 3.63) is 42.5 Å². The molecule has 3 heteroatoms. The van der Waals surface area contributed by atoms with Crippen LogP contribution in [0, 0.1) is 5.92 Å². The average molecular weight is 255 g/mol. The number of rotatable bonds is 5. The molecule has 1 aliphatic rings.